The van der Waals surface area contributed by atoms with Crippen molar-refractivity contribution in [1.29, 1.82) is 0 Å². The molecule has 0 unspecified atom stereocenters. The molecule has 146 valence electrons. The summed E-state index contributed by atoms with van der Waals surface area (Å²) >= 11 is 0. The third-order valence-corrected chi connectivity index (χ3v) is 5.26. The summed E-state index contributed by atoms with van der Waals surface area (Å²) in [5.74, 6) is 0.0598. The van der Waals surface area contributed by atoms with E-state index in [0.717, 1.165) is 22.3 Å². The summed E-state index contributed by atoms with van der Waals surface area (Å²) in [6.07, 6.45) is 3.62. The Hall–Kier alpha value is -3.92. The van der Waals surface area contributed by atoms with E-state index in [2.05, 4.69) is 0 Å². The lowest BCUT2D eigenvalue weighted by molar-refractivity contribution is -0.128. The van der Waals surface area contributed by atoms with Gasteiger partial charge in [-0.05, 0) is 43.2 Å². The highest BCUT2D eigenvalue weighted by Crippen LogP contribution is 2.25. The Morgan fingerprint density at radius 1 is 0.700 bits per heavy atom. The molecular weight excluding hydrogens is 376 g/mol. The fourth-order valence-corrected chi connectivity index (χ4v) is 3.85. The molecule has 0 spiro atoms. The Kier molecular flexibility index (Phi) is 4.14. The number of hydrogen-bond acceptors (Lipinski definition) is 4. The number of esters is 2. The predicted octanol–water partition coefficient (Wildman–Crippen LogP) is 3.20. The lowest BCUT2D eigenvalue weighted by Gasteiger charge is -2.01. The van der Waals surface area contributed by atoms with Crippen LogP contribution in [0.4, 0.5) is 0 Å². The highest BCUT2D eigenvalue weighted by Gasteiger charge is 2.29. The van der Waals surface area contributed by atoms with Crippen LogP contribution in [0, 0.1) is 13.8 Å². The molecule has 0 bridgehead atoms. The molecule has 0 aliphatic carbocycles. The number of aryl methyl sites for hydroxylation is 2. The summed E-state index contributed by atoms with van der Waals surface area (Å²) in [6.45, 7) is 3.99. The molecule has 0 amide bonds. The van der Waals surface area contributed by atoms with Crippen LogP contribution < -0.4 is 19.9 Å². The zero-order valence-electron chi connectivity index (χ0n) is 16.6. The largest absolute Gasteiger partial charge is 0.422 e. The van der Waals surface area contributed by atoms with E-state index in [-0.39, 0.29) is 0 Å². The third kappa shape index (κ3) is 3.03. The van der Waals surface area contributed by atoms with Gasteiger partial charge in [0, 0.05) is 10.4 Å². The molecule has 5 rings (SSSR count). The van der Waals surface area contributed by atoms with Crippen LogP contribution in [0.2, 0.25) is 0 Å². The first-order valence-electron chi connectivity index (χ1n) is 9.68. The Morgan fingerprint density at radius 2 is 1.37 bits per heavy atom. The van der Waals surface area contributed by atoms with Crippen molar-refractivity contribution >= 4 is 29.2 Å². The van der Waals surface area contributed by atoms with Gasteiger partial charge in [0.15, 0.2) is 0 Å². The standard InChI is InChI=1S/C26H18O4/c1-15-5-3-7-17(11-15)9-10-19-20-13-23-21(14-22(20)29-25(19)27)24(26(28)30-23)18-8-4-6-16(2)12-18/h3-14H,1-2H3. The number of rotatable bonds is 3. The normalized spacial score (nSPS) is 14.7. The van der Waals surface area contributed by atoms with Crippen molar-refractivity contribution in [3.8, 4) is 11.5 Å². The SMILES string of the molecule is Cc1cccc(C=CC2=c3cc4c(cc3OC2=O)=C(c2cccc(C)c2)C(=O)O4)c1. The Labute approximate surface area is 173 Å². The van der Waals surface area contributed by atoms with Gasteiger partial charge in [-0.1, -0.05) is 65.7 Å². The number of carbonyl (C=O) groups is 2. The van der Waals surface area contributed by atoms with Gasteiger partial charge in [0.05, 0.1) is 11.1 Å². The molecular formula is C26H18O4. The van der Waals surface area contributed by atoms with E-state index in [4.69, 9.17) is 9.47 Å². The van der Waals surface area contributed by atoms with E-state index >= 15 is 0 Å². The minimum absolute atomic E-state index is 0.401. The summed E-state index contributed by atoms with van der Waals surface area (Å²) < 4.78 is 11.0. The Balaban J connectivity index is 1.66. The van der Waals surface area contributed by atoms with Crippen LogP contribution in [-0.4, -0.2) is 11.9 Å². The van der Waals surface area contributed by atoms with Crippen LogP contribution in [0.1, 0.15) is 22.3 Å². The van der Waals surface area contributed by atoms with Crippen LogP contribution in [-0.2, 0) is 9.59 Å². The maximum Gasteiger partial charge on any atom is 0.344 e. The molecule has 3 aromatic carbocycles. The molecule has 0 fully saturated rings. The molecule has 0 atom stereocenters. The first-order valence-corrected chi connectivity index (χ1v) is 9.68. The second-order valence-electron chi connectivity index (χ2n) is 7.53. The van der Waals surface area contributed by atoms with Crippen LogP contribution in [0.5, 0.6) is 11.5 Å². The molecule has 2 aliphatic rings. The number of fused-ring (bicyclic) bond motifs is 2. The van der Waals surface area contributed by atoms with E-state index in [1.165, 1.54) is 0 Å². The summed E-state index contributed by atoms with van der Waals surface area (Å²) in [5.41, 5.74) is 4.88. The van der Waals surface area contributed by atoms with Crippen LogP contribution in [0.3, 0.4) is 0 Å². The number of ether oxygens (including phenoxy) is 2. The second-order valence-corrected chi connectivity index (χ2v) is 7.53. The molecule has 0 saturated carbocycles. The maximum atomic E-state index is 12.6. The molecule has 2 aliphatic heterocycles. The molecule has 2 heterocycles. The highest BCUT2D eigenvalue weighted by atomic mass is 16.5. The van der Waals surface area contributed by atoms with Gasteiger partial charge in [0.25, 0.3) is 0 Å². The van der Waals surface area contributed by atoms with Gasteiger partial charge in [0.1, 0.15) is 11.5 Å². The van der Waals surface area contributed by atoms with Crippen molar-refractivity contribution in [3.05, 3.63) is 99.4 Å². The topological polar surface area (TPSA) is 52.6 Å². The monoisotopic (exact) mass is 394 g/mol. The minimum atomic E-state index is -0.416. The van der Waals surface area contributed by atoms with Gasteiger partial charge in [-0.3, -0.25) is 0 Å². The summed E-state index contributed by atoms with van der Waals surface area (Å²) in [5, 5.41) is 1.27. The van der Waals surface area contributed by atoms with E-state index in [1.807, 2.05) is 68.5 Å². The molecule has 0 aromatic heterocycles. The lowest BCUT2D eigenvalue weighted by atomic mass is 10.0. The van der Waals surface area contributed by atoms with Gasteiger partial charge < -0.3 is 9.47 Å². The molecule has 3 aromatic rings. The van der Waals surface area contributed by atoms with Gasteiger partial charge in [-0.2, -0.15) is 0 Å². The van der Waals surface area contributed by atoms with E-state index in [9.17, 15) is 9.59 Å². The van der Waals surface area contributed by atoms with Gasteiger partial charge in [-0.25, -0.2) is 9.59 Å². The van der Waals surface area contributed by atoms with Crippen molar-refractivity contribution in [2.75, 3.05) is 0 Å². The van der Waals surface area contributed by atoms with Crippen LogP contribution >= 0.6 is 0 Å². The number of benzene rings is 3. The van der Waals surface area contributed by atoms with Gasteiger partial charge >= 0.3 is 11.9 Å². The van der Waals surface area contributed by atoms with E-state index < -0.39 is 11.9 Å². The van der Waals surface area contributed by atoms with Crippen molar-refractivity contribution < 1.29 is 19.1 Å². The Bertz CT molecular complexity index is 1390. The average molecular weight is 394 g/mol. The van der Waals surface area contributed by atoms with E-state index in [0.29, 0.717) is 33.1 Å². The molecule has 0 N–H and O–H groups in total. The van der Waals surface area contributed by atoms with Crippen molar-refractivity contribution in [3.63, 3.8) is 0 Å². The first kappa shape index (κ1) is 18.1. The maximum absolute atomic E-state index is 12.6. The number of hydrogen-bond donors (Lipinski definition) is 0. The average Bonchev–Trinajstić information content (AvgIpc) is 3.18. The fraction of sp³-hybridized carbons (Fsp3) is 0.0769. The van der Waals surface area contributed by atoms with Crippen molar-refractivity contribution in [2.24, 2.45) is 0 Å². The first-order chi connectivity index (χ1) is 14.5. The quantitative estimate of drug-likeness (QED) is 0.506. The summed E-state index contributed by atoms with van der Waals surface area (Å²) in [6, 6.07) is 19.1. The molecule has 0 saturated heterocycles. The van der Waals surface area contributed by atoms with E-state index in [1.54, 1.807) is 18.2 Å². The third-order valence-electron chi connectivity index (χ3n) is 5.26. The smallest absolute Gasteiger partial charge is 0.344 e. The van der Waals surface area contributed by atoms with Crippen molar-refractivity contribution in [2.45, 2.75) is 13.8 Å². The lowest BCUT2D eigenvalue weighted by Crippen LogP contribution is -2.10. The molecule has 0 radical (unpaired) electrons. The Morgan fingerprint density at radius 3 is 2.13 bits per heavy atom. The fourth-order valence-electron chi connectivity index (χ4n) is 3.85. The summed E-state index contributed by atoms with van der Waals surface area (Å²) in [4.78, 5) is 25.1. The molecule has 4 heteroatoms. The minimum Gasteiger partial charge on any atom is -0.422 e. The van der Waals surface area contributed by atoms with Crippen LogP contribution in [0.25, 0.3) is 17.2 Å². The van der Waals surface area contributed by atoms with Gasteiger partial charge in [0.2, 0.25) is 0 Å². The number of carbonyl (C=O) groups excluding carboxylic acids is 2. The summed E-state index contributed by atoms with van der Waals surface area (Å²) in [7, 11) is 0. The zero-order chi connectivity index (χ0) is 20.8. The molecule has 4 nitrogen and oxygen atoms in total. The zero-order valence-corrected chi connectivity index (χ0v) is 16.6. The van der Waals surface area contributed by atoms with Crippen LogP contribution in [0.15, 0.2) is 66.7 Å². The highest BCUT2D eigenvalue weighted by molar-refractivity contribution is 6.20. The predicted molar refractivity (Wildman–Crippen MR) is 114 cm³/mol. The molecule has 30 heavy (non-hydrogen) atoms. The second kappa shape index (κ2) is 6.85. The van der Waals surface area contributed by atoms with Crippen molar-refractivity contribution in [1.82, 2.24) is 0 Å². The van der Waals surface area contributed by atoms with Gasteiger partial charge in [-0.15, -0.1) is 0 Å².